The Hall–Kier alpha value is -4.32. The first-order valence-corrected chi connectivity index (χ1v) is 18.4. The monoisotopic (exact) mass is 746 g/mol. The van der Waals surface area contributed by atoms with E-state index in [1.54, 1.807) is 47.5 Å². The Morgan fingerprint density at radius 3 is 1.30 bits per heavy atom. The number of hydrogen-bond donors (Lipinski definition) is 2. The predicted octanol–water partition coefficient (Wildman–Crippen LogP) is 0.767. The van der Waals surface area contributed by atoms with Crippen LogP contribution in [0.2, 0.25) is 0 Å². The van der Waals surface area contributed by atoms with Crippen LogP contribution in [0.15, 0.2) is 0 Å². The Labute approximate surface area is 312 Å². The fourth-order valence-electron chi connectivity index (χ4n) is 8.18. The number of nitrogens with zero attached hydrogens (tertiary/aromatic N) is 8. The summed E-state index contributed by atoms with van der Waals surface area (Å²) in [5.74, 6) is -0.335. The molecule has 0 saturated carbocycles. The lowest BCUT2D eigenvalue weighted by molar-refractivity contribution is -0.133. The van der Waals surface area contributed by atoms with Crippen LogP contribution in [-0.4, -0.2) is 190 Å². The third-order valence-corrected chi connectivity index (χ3v) is 11.8. The fourth-order valence-corrected chi connectivity index (χ4v) is 8.18. The number of amides is 12. The van der Waals surface area contributed by atoms with E-state index in [4.69, 9.17) is 0 Å². The molecule has 7 heterocycles. The van der Waals surface area contributed by atoms with E-state index < -0.39 is 22.2 Å². The van der Waals surface area contributed by atoms with Gasteiger partial charge in [0.25, 0.3) is 23.6 Å². The van der Waals surface area contributed by atoms with Gasteiger partial charge in [0, 0.05) is 74.0 Å². The van der Waals surface area contributed by atoms with Crippen LogP contribution < -0.4 is 10.6 Å². The summed E-state index contributed by atoms with van der Waals surface area (Å²) < 4.78 is 0. The molecular weight excluding hydrogens is 688 g/mol. The smallest absolute Gasteiger partial charge is 0.318 e. The molecule has 0 bridgehead atoms. The van der Waals surface area contributed by atoms with E-state index in [2.05, 4.69) is 10.6 Å². The first-order chi connectivity index (χ1) is 24.6. The second-order valence-corrected chi connectivity index (χ2v) is 15.8. The summed E-state index contributed by atoms with van der Waals surface area (Å²) in [5, 5.41) is 6.09. The van der Waals surface area contributed by atoms with Crippen molar-refractivity contribution in [3.05, 3.63) is 0 Å². The van der Waals surface area contributed by atoms with Crippen LogP contribution >= 0.6 is 0 Å². The quantitative estimate of drug-likeness (QED) is 0.391. The highest BCUT2D eigenvalue weighted by molar-refractivity contribution is 6.08. The standard InChI is InChI=1S/C9H17N3O2.2C9H14N2O2.C8H13N3O2/c1-9(2)7(13)11(4)8(14)12(9)6-5-10-3;2*1-9-5-3-4-6-11(9)8(13)10(2)7(9)12;1-8-5-9-3-4-11(8)7(13)10(2)6(8)12/h10H,5-6H2,1-4H3;2*3-6H2,1-2H3;9H,3-5H2,1-2H3/t;9-;;/m.0../s1. The molecular formula is C35H58N10O8. The third-order valence-electron chi connectivity index (χ3n) is 11.8. The van der Waals surface area contributed by atoms with Crippen molar-refractivity contribution >= 4 is 47.8 Å². The van der Waals surface area contributed by atoms with Gasteiger partial charge in [0.1, 0.15) is 22.2 Å². The maximum absolute atomic E-state index is 11.7. The first-order valence-electron chi connectivity index (χ1n) is 18.4. The fraction of sp³-hybridized carbons (Fsp3) is 0.771. The summed E-state index contributed by atoms with van der Waals surface area (Å²) in [7, 11) is 8.00. The minimum atomic E-state index is -0.706. The van der Waals surface area contributed by atoms with Crippen LogP contribution in [0, 0.1) is 0 Å². The minimum absolute atomic E-state index is 0.0443. The Kier molecular flexibility index (Phi) is 11.9. The van der Waals surface area contributed by atoms with E-state index in [-0.39, 0.29) is 47.8 Å². The van der Waals surface area contributed by atoms with Crippen molar-refractivity contribution in [2.45, 2.75) is 95.3 Å². The van der Waals surface area contributed by atoms with E-state index in [0.29, 0.717) is 26.2 Å². The van der Waals surface area contributed by atoms with Gasteiger partial charge in [-0.2, -0.15) is 0 Å². The highest BCUT2D eigenvalue weighted by Crippen LogP contribution is 2.36. The second kappa shape index (κ2) is 15.2. The zero-order chi connectivity index (χ0) is 39.8. The number of carbonyl (C=O) groups is 8. The van der Waals surface area contributed by atoms with Gasteiger partial charge in [0.2, 0.25) is 0 Å². The molecule has 0 aliphatic carbocycles. The minimum Gasteiger partial charge on any atom is -0.318 e. The predicted molar refractivity (Wildman–Crippen MR) is 193 cm³/mol. The molecule has 0 radical (unpaired) electrons. The van der Waals surface area contributed by atoms with E-state index in [1.807, 2.05) is 27.8 Å². The van der Waals surface area contributed by atoms with E-state index in [9.17, 15) is 38.4 Å². The zero-order valence-electron chi connectivity index (χ0n) is 33.0. The molecule has 2 unspecified atom stereocenters. The Morgan fingerprint density at radius 2 is 0.943 bits per heavy atom. The lowest BCUT2D eigenvalue weighted by Gasteiger charge is -2.36. The van der Waals surface area contributed by atoms with Gasteiger partial charge in [-0.25, -0.2) is 19.2 Å². The Bertz CT molecular complexity index is 1410. The van der Waals surface area contributed by atoms with E-state index in [1.165, 1.54) is 33.7 Å². The summed E-state index contributed by atoms with van der Waals surface area (Å²) in [5.41, 5.74) is -2.43. The maximum Gasteiger partial charge on any atom is 0.327 e. The van der Waals surface area contributed by atoms with Gasteiger partial charge in [-0.3, -0.25) is 38.8 Å². The van der Waals surface area contributed by atoms with Crippen molar-refractivity contribution in [3.8, 4) is 0 Å². The van der Waals surface area contributed by atoms with Crippen molar-refractivity contribution in [1.29, 1.82) is 0 Å². The topological polar surface area (TPSA) is 187 Å². The Balaban J connectivity index is 0.000000158. The van der Waals surface area contributed by atoms with E-state index >= 15 is 0 Å². The Morgan fingerprint density at radius 1 is 0.547 bits per heavy atom. The normalized spacial score (nSPS) is 30.5. The van der Waals surface area contributed by atoms with Crippen molar-refractivity contribution in [2.24, 2.45) is 0 Å². The molecule has 0 aromatic heterocycles. The molecule has 3 atom stereocenters. The second-order valence-electron chi connectivity index (χ2n) is 15.8. The van der Waals surface area contributed by atoms with E-state index in [0.717, 1.165) is 58.2 Å². The molecule has 7 saturated heterocycles. The number of imide groups is 4. The number of nitrogens with one attached hydrogen (secondary N) is 2. The average molecular weight is 747 g/mol. The molecule has 0 aromatic rings. The summed E-state index contributed by atoms with van der Waals surface area (Å²) in [6, 6.07) is -0.649. The molecule has 53 heavy (non-hydrogen) atoms. The number of piperidine rings is 2. The number of urea groups is 4. The van der Waals surface area contributed by atoms with Gasteiger partial charge in [-0.1, -0.05) is 0 Å². The van der Waals surface area contributed by atoms with Gasteiger partial charge in [0.05, 0.1) is 0 Å². The molecule has 296 valence electrons. The molecule has 0 aromatic carbocycles. The van der Waals surface area contributed by atoms with Gasteiger partial charge in [-0.05, 0) is 80.2 Å². The lowest BCUT2D eigenvalue weighted by Crippen LogP contribution is -2.59. The number of likely N-dealkylation sites (N-methyl/N-ethyl adjacent to an activating group) is 5. The number of piperazine rings is 1. The summed E-state index contributed by atoms with van der Waals surface area (Å²) in [6.07, 6.45) is 5.73. The SMILES string of the molecule is CN1C(=O)N2CCCCC2(C)C1=O.CN1C(=O)N2CCCC[C@@]2(C)C1=O.CN1C(=O)N2CCNCC2(C)C1=O.CNCCN1C(=O)N(C)C(=O)C1(C)C. The van der Waals surface area contributed by atoms with Crippen molar-refractivity contribution in [2.75, 3.05) is 81.1 Å². The zero-order valence-corrected chi connectivity index (χ0v) is 33.0. The summed E-state index contributed by atoms with van der Waals surface area (Å²) in [4.78, 5) is 105. The largest absolute Gasteiger partial charge is 0.327 e. The molecule has 0 spiro atoms. The summed E-state index contributed by atoms with van der Waals surface area (Å²) >= 11 is 0. The van der Waals surface area contributed by atoms with Crippen LogP contribution in [0.4, 0.5) is 19.2 Å². The maximum atomic E-state index is 11.7. The molecule has 7 aliphatic rings. The molecule has 7 aliphatic heterocycles. The van der Waals surface area contributed by atoms with Crippen LogP contribution in [0.25, 0.3) is 0 Å². The average Bonchev–Trinajstić information content (AvgIpc) is 3.57. The highest BCUT2D eigenvalue weighted by atomic mass is 16.2. The molecule has 2 N–H and O–H groups in total. The van der Waals surface area contributed by atoms with Gasteiger partial charge in [0.15, 0.2) is 0 Å². The van der Waals surface area contributed by atoms with Crippen molar-refractivity contribution in [1.82, 2.24) is 49.8 Å². The lowest BCUT2D eigenvalue weighted by atomic mass is 9.89. The van der Waals surface area contributed by atoms with Crippen LogP contribution in [0.1, 0.15) is 73.1 Å². The van der Waals surface area contributed by atoms with Crippen LogP contribution in [0.5, 0.6) is 0 Å². The number of fused-ring (bicyclic) bond motifs is 3. The highest BCUT2D eigenvalue weighted by Gasteiger charge is 2.55. The van der Waals surface area contributed by atoms with Crippen LogP contribution in [-0.2, 0) is 19.2 Å². The van der Waals surface area contributed by atoms with Gasteiger partial charge < -0.3 is 30.2 Å². The third kappa shape index (κ3) is 6.95. The first kappa shape index (κ1) is 41.4. The molecule has 12 amide bonds. The van der Waals surface area contributed by atoms with Crippen molar-refractivity contribution < 1.29 is 38.4 Å². The summed E-state index contributed by atoms with van der Waals surface area (Å²) in [6.45, 7) is 13.7. The number of hydrogen-bond acceptors (Lipinski definition) is 10. The molecule has 18 nitrogen and oxygen atoms in total. The molecule has 7 fully saturated rings. The van der Waals surface area contributed by atoms with Gasteiger partial charge >= 0.3 is 24.1 Å². The van der Waals surface area contributed by atoms with Crippen LogP contribution in [0.3, 0.4) is 0 Å². The van der Waals surface area contributed by atoms with Crippen molar-refractivity contribution in [3.63, 3.8) is 0 Å². The molecule has 7 rings (SSSR count). The number of rotatable bonds is 3. The van der Waals surface area contributed by atoms with Gasteiger partial charge in [-0.15, -0.1) is 0 Å². The number of carbonyl (C=O) groups excluding carboxylic acids is 8. The molecule has 18 heteroatoms.